The molecule has 0 aliphatic carbocycles. The van der Waals surface area contributed by atoms with E-state index in [1.807, 2.05) is 23.1 Å². The first-order valence-corrected chi connectivity index (χ1v) is 8.36. The molecule has 1 saturated heterocycles. The lowest BCUT2D eigenvalue weighted by molar-refractivity contribution is -0.132. The van der Waals surface area contributed by atoms with Crippen LogP contribution in [-0.4, -0.2) is 47.7 Å². The van der Waals surface area contributed by atoms with Gasteiger partial charge in [0.15, 0.2) is 6.23 Å². The van der Waals surface area contributed by atoms with Gasteiger partial charge < -0.3 is 25.4 Å². The summed E-state index contributed by atoms with van der Waals surface area (Å²) in [6.07, 6.45) is 1.90. The summed E-state index contributed by atoms with van der Waals surface area (Å²) >= 11 is 0. The summed E-state index contributed by atoms with van der Waals surface area (Å²) in [5.41, 5.74) is 1.64. The van der Waals surface area contributed by atoms with Crippen LogP contribution in [0.1, 0.15) is 31.2 Å². The standard InChI is InChI=1S/C17H23N3O4/c21-15(5-6-17(23)20-7-1-2-8-20)18-10-12-3-4-13-14(9-12)24-11-16(22)19-13/h3-4,9,16,19,22H,1-2,5-8,10-11H2,(H,18,21)/t16-/m1/s1. The average molecular weight is 333 g/mol. The predicted octanol–water partition coefficient (Wildman–Crippen LogP) is 0.828. The average Bonchev–Trinajstić information content (AvgIpc) is 3.12. The number of benzene rings is 1. The Morgan fingerprint density at radius 3 is 2.88 bits per heavy atom. The van der Waals surface area contributed by atoms with Gasteiger partial charge in [-0.25, -0.2) is 0 Å². The number of rotatable bonds is 5. The Kier molecular flexibility index (Phi) is 5.20. The number of hydrogen-bond donors (Lipinski definition) is 3. The number of ether oxygens (including phenoxy) is 1. The number of fused-ring (bicyclic) bond motifs is 1. The summed E-state index contributed by atoms with van der Waals surface area (Å²) in [5, 5.41) is 15.2. The summed E-state index contributed by atoms with van der Waals surface area (Å²) in [5.74, 6) is 0.598. The van der Waals surface area contributed by atoms with Crippen molar-refractivity contribution in [3.8, 4) is 5.75 Å². The number of carbonyl (C=O) groups is 2. The van der Waals surface area contributed by atoms with Gasteiger partial charge in [-0.05, 0) is 30.5 Å². The van der Waals surface area contributed by atoms with Gasteiger partial charge in [-0.15, -0.1) is 0 Å². The molecule has 3 rings (SSSR count). The molecule has 7 heteroatoms. The van der Waals surface area contributed by atoms with E-state index in [0.717, 1.165) is 37.2 Å². The SMILES string of the molecule is O=C(CCC(=O)N1CCCC1)NCc1ccc2c(c1)OC[C@@H](O)N2. The third kappa shape index (κ3) is 4.17. The molecule has 0 radical (unpaired) electrons. The zero-order valence-corrected chi connectivity index (χ0v) is 13.6. The van der Waals surface area contributed by atoms with Crippen molar-refractivity contribution in [1.82, 2.24) is 10.2 Å². The number of amides is 2. The first kappa shape index (κ1) is 16.6. The van der Waals surface area contributed by atoms with E-state index in [1.165, 1.54) is 0 Å². The lowest BCUT2D eigenvalue weighted by Gasteiger charge is -2.24. The van der Waals surface area contributed by atoms with E-state index in [2.05, 4.69) is 10.6 Å². The maximum Gasteiger partial charge on any atom is 0.223 e. The molecule has 3 N–H and O–H groups in total. The summed E-state index contributed by atoms with van der Waals surface area (Å²) in [7, 11) is 0. The van der Waals surface area contributed by atoms with Crippen molar-refractivity contribution in [3.05, 3.63) is 23.8 Å². The maximum atomic E-state index is 11.9. The summed E-state index contributed by atoms with van der Waals surface area (Å²) < 4.78 is 5.44. The first-order chi connectivity index (χ1) is 11.6. The van der Waals surface area contributed by atoms with Gasteiger partial charge in [0.25, 0.3) is 0 Å². The normalized spacial score (nSPS) is 19.2. The predicted molar refractivity (Wildman–Crippen MR) is 88.5 cm³/mol. The molecular weight excluding hydrogens is 310 g/mol. The van der Waals surface area contributed by atoms with Crippen molar-refractivity contribution in [2.45, 2.75) is 38.5 Å². The summed E-state index contributed by atoms with van der Waals surface area (Å²) in [6, 6.07) is 5.52. The fraction of sp³-hybridized carbons (Fsp3) is 0.529. The molecule has 0 saturated carbocycles. The van der Waals surface area contributed by atoms with Crippen molar-refractivity contribution < 1.29 is 19.4 Å². The molecule has 130 valence electrons. The number of hydrogen-bond acceptors (Lipinski definition) is 5. The highest BCUT2D eigenvalue weighted by Crippen LogP contribution is 2.29. The maximum absolute atomic E-state index is 11.9. The van der Waals surface area contributed by atoms with Crippen LogP contribution in [0.4, 0.5) is 5.69 Å². The van der Waals surface area contributed by atoms with Crippen LogP contribution in [0.3, 0.4) is 0 Å². The van der Waals surface area contributed by atoms with Crippen molar-refractivity contribution in [1.29, 1.82) is 0 Å². The van der Waals surface area contributed by atoms with Gasteiger partial charge in [0.05, 0.1) is 5.69 Å². The molecule has 0 aromatic heterocycles. The Bertz CT molecular complexity index is 614. The Labute approximate surface area is 141 Å². The van der Waals surface area contributed by atoms with Crippen LogP contribution < -0.4 is 15.4 Å². The zero-order chi connectivity index (χ0) is 16.9. The van der Waals surface area contributed by atoms with Crippen LogP contribution in [0, 0.1) is 0 Å². The first-order valence-electron chi connectivity index (χ1n) is 8.36. The highest BCUT2D eigenvalue weighted by atomic mass is 16.5. The number of aliphatic hydroxyl groups is 1. The van der Waals surface area contributed by atoms with Gasteiger partial charge in [0.2, 0.25) is 11.8 Å². The number of nitrogens with zero attached hydrogens (tertiary/aromatic N) is 1. The Morgan fingerprint density at radius 1 is 1.29 bits per heavy atom. The molecule has 2 aliphatic heterocycles. The van der Waals surface area contributed by atoms with Gasteiger partial charge in [-0.1, -0.05) is 6.07 Å². The molecular formula is C17H23N3O4. The summed E-state index contributed by atoms with van der Waals surface area (Å²) in [6.45, 7) is 2.22. The van der Waals surface area contributed by atoms with E-state index < -0.39 is 6.23 Å². The van der Waals surface area contributed by atoms with Gasteiger partial charge in [0, 0.05) is 32.5 Å². The Balaban J connectivity index is 1.43. The van der Waals surface area contributed by atoms with Crippen LogP contribution in [0.15, 0.2) is 18.2 Å². The minimum Gasteiger partial charge on any atom is -0.487 e. The number of nitrogens with one attached hydrogen (secondary N) is 2. The molecule has 0 spiro atoms. The topological polar surface area (TPSA) is 90.9 Å². The lowest BCUT2D eigenvalue weighted by Crippen LogP contribution is -2.31. The molecule has 1 fully saturated rings. The molecule has 24 heavy (non-hydrogen) atoms. The van der Waals surface area contributed by atoms with E-state index in [9.17, 15) is 14.7 Å². The molecule has 7 nitrogen and oxygen atoms in total. The molecule has 1 aromatic carbocycles. The van der Waals surface area contributed by atoms with Crippen LogP contribution >= 0.6 is 0 Å². The van der Waals surface area contributed by atoms with Crippen molar-refractivity contribution in [2.24, 2.45) is 0 Å². The number of aliphatic hydroxyl groups excluding tert-OH is 1. The third-order valence-electron chi connectivity index (χ3n) is 4.28. The highest BCUT2D eigenvalue weighted by molar-refractivity contribution is 5.83. The minimum absolute atomic E-state index is 0.0643. The fourth-order valence-corrected chi connectivity index (χ4v) is 2.94. The van der Waals surface area contributed by atoms with Crippen LogP contribution in [0.2, 0.25) is 0 Å². The van der Waals surface area contributed by atoms with Crippen molar-refractivity contribution in [3.63, 3.8) is 0 Å². The minimum atomic E-state index is -0.698. The van der Waals surface area contributed by atoms with Crippen LogP contribution in [0.5, 0.6) is 5.75 Å². The van der Waals surface area contributed by atoms with Crippen LogP contribution in [-0.2, 0) is 16.1 Å². The molecule has 1 atom stereocenters. The smallest absolute Gasteiger partial charge is 0.223 e. The highest BCUT2D eigenvalue weighted by Gasteiger charge is 2.19. The molecule has 2 amide bonds. The number of likely N-dealkylation sites (tertiary alicyclic amines) is 1. The number of anilines is 1. The van der Waals surface area contributed by atoms with Gasteiger partial charge in [-0.2, -0.15) is 0 Å². The quantitative estimate of drug-likeness (QED) is 0.742. The zero-order valence-electron chi connectivity index (χ0n) is 13.6. The molecule has 2 heterocycles. The third-order valence-corrected chi connectivity index (χ3v) is 4.28. The molecule has 0 bridgehead atoms. The fourth-order valence-electron chi connectivity index (χ4n) is 2.94. The van der Waals surface area contributed by atoms with E-state index in [-0.39, 0.29) is 31.3 Å². The van der Waals surface area contributed by atoms with Gasteiger partial charge in [-0.3, -0.25) is 9.59 Å². The largest absolute Gasteiger partial charge is 0.487 e. The van der Waals surface area contributed by atoms with E-state index in [0.29, 0.717) is 12.3 Å². The monoisotopic (exact) mass is 333 g/mol. The Morgan fingerprint density at radius 2 is 2.08 bits per heavy atom. The van der Waals surface area contributed by atoms with E-state index >= 15 is 0 Å². The van der Waals surface area contributed by atoms with Gasteiger partial charge in [0.1, 0.15) is 12.4 Å². The van der Waals surface area contributed by atoms with Crippen molar-refractivity contribution in [2.75, 3.05) is 25.0 Å². The summed E-state index contributed by atoms with van der Waals surface area (Å²) in [4.78, 5) is 25.7. The molecule has 1 aromatic rings. The molecule has 2 aliphatic rings. The Hall–Kier alpha value is -2.28. The van der Waals surface area contributed by atoms with Crippen LogP contribution in [0.25, 0.3) is 0 Å². The second kappa shape index (κ2) is 7.53. The number of carbonyl (C=O) groups excluding carboxylic acids is 2. The van der Waals surface area contributed by atoms with E-state index in [1.54, 1.807) is 0 Å². The molecule has 0 unspecified atom stereocenters. The second-order valence-corrected chi connectivity index (χ2v) is 6.17. The lowest BCUT2D eigenvalue weighted by atomic mass is 10.1. The van der Waals surface area contributed by atoms with Gasteiger partial charge >= 0.3 is 0 Å². The van der Waals surface area contributed by atoms with E-state index in [4.69, 9.17) is 4.74 Å². The van der Waals surface area contributed by atoms with Crippen molar-refractivity contribution >= 4 is 17.5 Å². The second-order valence-electron chi connectivity index (χ2n) is 6.17.